The molecule has 0 spiro atoms. The van der Waals surface area contributed by atoms with Gasteiger partial charge in [0.05, 0.1) is 11.6 Å². The maximum absolute atomic E-state index is 12.6. The van der Waals surface area contributed by atoms with E-state index in [2.05, 4.69) is 26.4 Å². The van der Waals surface area contributed by atoms with Crippen molar-refractivity contribution in [3.63, 3.8) is 0 Å². The van der Waals surface area contributed by atoms with Gasteiger partial charge in [0, 0.05) is 17.3 Å². The molecule has 1 aromatic carbocycles. The van der Waals surface area contributed by atoms with Gasteiger partial charge in [-0.1, -0.05) is 31.0 Å². The molecule has 1 aliphatic carbocycles. The molecular formula is C16H19N5O2. The summed E-state index contributed by atoms with van der Waals surface area (Å²) < 4.78 is 0. The van der Waals surface area contributed by atoms with Crippen molar-refractivity contribution in [2.75, 3.05) is 0 Å². The van der Waals surface area contributed by atoms with E-state index in [9.17, 15) is 9.59 Å². The topological polar surface area (TPSA) is 98.9 Å². The predicted molar refractivity (Wildman–Crippen MR) is 85.6 cm³/mol. The molecule has 4 rings (SSSR count). The van der Waals surface area contributed by atoms with E-state index in [4.69, 9.17) is 0 Å². The van der Waals surface area contributed by atoms with Crippen LogP contribution in [0.15, 0.2) is 29.1 Å². The third kappa shape index (κ3) is 2.51. The number of hydrazine groups is 1. The molecule has 4 N–H and O–H groups in total. The zero-order valence-electron chi connectivity index (χ0n) is 12.6. The van der Waals surface area contributed by atoms with Gasteiger partial charge in [-0.05, 0) is 18.9 Å². The fraction of sp³-hybridized carbons (Fsp3) is 0.438. The summed E-state index contributed by atoms with van der Waals surface area (Å²) in [6, 6.07) is 7.42. The SMILES string of the molecule is O=C(NC1NNC2CCCCC21)c1n[nH]c(=O)c2ccccc12. The number of aromatic amines is 1. The summed E-state index contributed by atoms with van der Waals surface area (Å²) >= 11 is 0. The maximum atomic E-state index is 12.6. The van der Waals surface area contributed by atoms with Crippen molar-refractivity contribution < 1.29 is 4.79 Å². The van der Waals surface area contributed by atoms with Crippen LogP contribution in [0.25, 0.3) is 10.8 Å². The number of benzene rings is 1. The Morgan fingerprint density at radius 3 is 2.78 bits per heavy atom. The predicted octanol–water partition coefficient (Wildman–Crippen LogP) is 0.646. The molecular weight excluding hydrogens is 294 g/mol. The highest BCUT2D eigenvalue weighted by atomic mass is 16.2. The summed E-state index contributed by atoms with van der Waals surface area (Å²) in [7, 11) is 0. The number of carbonyl (C=O) groups is 1. The Kier molecular flexibility index (Phi) is 3.59. The smallest absolute Gasteiger partial charge is 0.273 e. The van der Waals surface area contributed by atoms with Gasteiger partial charge >= 0.3 is 0 Å². The highest BCUT2D eigenvalue weighted by Gasteiger charge is 2.38. The number of H-pyrrole nitrogens is 1. The molecule has 7 nitrogen and oxygen atoms in total. The third-order valence-electron chi connectivity index (χ3n) is 4.87. The minimum atomic E-state index is -0.287. The number of aromatic nitrogens is 2. The first-order valence-electron chi connectivity index (χ1n) is 8.03. The molecule has 0 radical (unpaired) electrons. The first-order chi connectivity index (χ1) is 11.2. The standard InChI is InChI=1S/C16H19N5O2/c22-15-10-6-2-1-5-9(10)13(19-21-15)16(23)17-14-11-7-3-4-8-12(11)18-20-14/h1-2,5-6,11-12,14,18,20H,3-4,7-8H2,(H,17,23)(H,21,22). The quantitative estimate of drug-likeness (QED) is 0.652. The van der Waals surface area contributed by atoms with Crippen molar-refractivity contribution >= 4 is 16.7 Å². The Labute approximate surface area is 132 Å². The fourth-order valence-electron chi connectivity index (χ4n) is 3.68. The van der Waals surface area contributed by atoms with Crippen molar-refractivity contribution in [2.45, 2.75) is 37.9 Å². The number of fused-ring (bicyclic) bond motifs is 2. The summed E-state index contributed by atoms with van der Waals surface area (Å²) in [6.07, 6.45) is 4.53. The van der Waals surface area contributed by atoms with E-state index in [1.807, 2.05) is 0 Å². The van der Waals surface area contributed by atoms with Crippen molar-refractivity contribution in [2.24, 2.45) is 5.92 Å². The second-order valence-corrected chi connectivity index (χ2v) is 6.24. The Hall–Kier alpha value is -2.25. The van der Waals surface area contributed by atoms with Crippen LogP contribution in [0.5, 0.6) is 0 Å². The summed E-state index contributed by atoms with van der Waals surface area (Å²) in [5.41, 5.74) is 6.41. The third-order valence-corrected chi connectivity index (χ3v) is 4.87. The lowest BCUT2D eigenvalue weighted by molar-refractivity contribution is 0.0912. The Morgan fingerprint density at radius 2 is 1.91 bits per heavy atom. The lowest BCUT2D eigenvalue weighted by Crippen LogP contribution is -2.47. The van der Waals surface area contributed by atoms with Crippen molar-refractivity contribution in [1.82, 2.24) is 26.4 Å². The number of nitrogens with one attached hydrogen (secondary N) is 4. The molecule has 3 unspecified atom stereocenters. The van der Waals surface area contributed by atoms with Gasteiger partial charge in [0.25, 0.3) is 11.5 Å². The molecule has 1 amide bonds. The van der Waals surface area contributed by atoms with E-state index in [-0.39, 0.29) is 23.3 Å². The number of nitrogens with zero attached hydrogens (tertiary/aromatic N) is 1. The summed E-state index contributed by atoms with van der Waals surface area (Å²) in [6.45, 7) is 0. The summed E-state index contributed by atoms with van der Waals surface area (Å²) in [5.74, 6) is 0.115. The van der Waals surface area contributed by atoms with Gasteiger partial charge < -0.3 is 5.32 Å². The largest absolute Gasteiger partial charge is 0.334 e. The zero-order chi connectivity index (χ0) is 15.8. The van der Waals surface area contributed by atoms with Gasteiger partial charge in [-0.15, -0.1) is 0 Å². The van der Waals surface area contributed by atoms with E-state index in [0.717, 1.165) is 12.8 Å². The minimum Gasteiger partial charge on any atom is -0.334 e. The molecule has 7 heteroatoms. The van der Waals surface area contributed by atoms with Gasteiger partial charge in [-0.3, -0.25) is 15.0 Å². The monoisotopic (exact) mass is 313 g/mol. The fourth-order valence-corrected chi connectivity index (χ4v) is 3.68. The van der Waals surface area contributed by atoms with Crippen molar-refractivity contribution in [3.05, 3.63) is 40.3 Å². The number of hydrogen-bond acceptors (Lipinski definition) is 5. The van der Waals surface area contributed by atoms with Crippen LogP contribution in [0.3, 0.4) is 0 Å². The van der Waals surface area contributed by atoms with Crippen molar-refractivity contribution in [1.29, 1.82) is 0 Å². The molecule has 1 saturated heterocycles. The van der Waals surface area contributed by atoms with Crippen LogP contribution in [0.4, 0.5) is 0 Å². The van der Waals surface area contributed by atoms with E-state index in [1.165, 1.54) is 12.8 Å². The lowest BCUT2D eigenvalue weighted by Gasteiger charge is -2.27. The number of hydrogen-bond donors (Lipinski definition) is 4. The molecule has 1 aliphatic heterocycles. The first-order valence-corrected chi connectivity index (χ1v) is 8.03. The highest BCUT2D eigenvalue weighted by Crippen LogP contribution is 2.29. The second-order valence-electron chi connectivity index (χ2n) is 6.24. The molecule has 1 aromatic heterocycles. The van der Waals surface area contributed by atoms with E-state index in [1.54, 1.807) is 24.3 Å². The first kappa shape index (κ1) is 14.3. The second kappa shape index (κ2) is 5.75. The molecule has 120 valence electrons. The van der Waals surface area contributed by atoms with Gasteiger partial charge in [-0.25, -0.2) is 10.5 Å². The molecule has 3 atom stereocenters. The van der Waals surface area contributed by atoms with E-state index < -0.39 is 0 Å². The van der Waals surface area contributed by atoms with Crippen LogP contribution in [0.1, 0.15) is 36.2 Å². The van der Waals surface area contributed by atoms with Crippen LogP contribution in [-0.2, 0) is 0 Å². The molecule has 23 heavy (non-hydrogen) atoms. The molecule has 2 aromatic rings. The lowest BCUT2D eigenvalue weighted by atomic mass is 9.84. The Balaban J connectivity index is 1.60. The Bertz CT molecular complexity index is 802. The van der Waals surface area contributed by atoms with E-state index >= 15 is 0 Å². The van der Waals surface area contributed by atoms with Gasteiger partial charge in [0.2, 0.25) is 0 Å². The Morgan fingerprint density at radius 1 is 1.13 bits per heavy atom. The van der Waals surface area contributed by atoms with Crippen LogP contribution in [0, 0.1) is 5.92 Å². The van der Waals surface area contributed by atoms with Gasteiger partial charge in [-0.2, -0.15) is 5.10 Å². The molecule has 1 saturated carbocycles. The summed E-state index contributed by atoms with van der Waals surface area (Å²) in [5, 5.41) is 10.4. The zero-order valence-corrected chi connectivity index (χ0v) is 12.6. The summed E-state index contributed by atoms with van der Waals surface area (Å²) in [4.78, 5) is 24.5. The molecule has 2 fully saturated rings. The van der Waals surface area contributed by atoms with Crippen LogP contribution >= 0.6 is 0 Å². The minimum absolute atomic E-state index is 0.111. The van der Waals surface area contributed by atoms with Crippen LogP contribution in [-0.4, -0.2) is 28.3 Å². The van der Waals surface area contributed by atoms with Crippen LogP contribution in [0.2, 0.25) is 0 Å². The van der Waals surface area contributed by atoms with E-state index in [0.29, 0.717) is 22.7 Å². The van der Waals surface area contributed by atoms with Gasteiger partial charge in [0.15, 0.2) is 5.69 Å². The number of amides is 1. The average Bonchev–Trinajstić information content (AvgIpc) is 2.98. The molecule has 2 heterocycles. The highest BCUT2D eigenvalue weighted by molar-refractivity contribution is 6.04. The molecule has 2 aliphatic rings. The maximum Gasteiger partial charge on any atom is 0.273 e. The van der Waals surface area contributed by atoms with Gasteiger partial charge in [0.1, 0.15) is 0 Å². The van der Waals surface area contributed by atoms with Crippen LogP contribution < -0.4 is 21.7 Å². The normalized spacial score (nSPS) is 26.9. The van der Waals surface area contributed by atoms with Crippen molar-refractivity contribution in [3.8, 4) is 0 Å². The average molecular weight is 313 g/mol. The number of rotatable bonds is 2. The molecule has 0 bridgehead atoms. The number of carbonyl (C=O) groups excluding carboxylic acids is 1.